The van der Waals surface area contributed by atoms with E-state index in [2.05, 4.69) is 22.0 Å². The van der Waals surface area contributed by atoms with Gasteiger partial charge in [0.25, 0.3) is 0 Å². The fourth-order valence-corrected chi connectivity index (χ4v) is 3.18. The molecular formula is C18H25N3O2. The molecule has 5 nitrogen and oxygen atoms in total. The van der Waals surface area contributed by atoms with Crippen molar-refractivity contribution in [2.24, 2.45) is 5.92 Å². The average molecular weight is 315 g/mol. The Bertz CT molecular complexity index is 585. The molecule has 1 aliphatic carbocycles. The topological polar surface area (TPSA) is 61.0 Å². The molecule has 1 fully saturated rings. The number of pyridine rings is 1. The summed E-state index contributed by atoms with van der Waals surface area (Å²) in [5.41, 5.74) is 0.949. The van der Waals surface area contributed by atoms with Gasteiger partial charge < -0.3 is 9.26 Å². The molecule has 2 heterocycles. The Hall–Kier alpha value is -1.75. The molecule has 0 aliphatic heterocycles. The van der Waals surface area contributed by atoms with E-state index in [1.54, 1.807) is 12.4 Å². The standard InChI is InChI=1S/C18H25N3O2/c1-2-3-11-22-13-14-5-4-6-16(12-14)18-20-17(21-23-18)15-7-9-19-10-8-15/h7-10,14,16H,2-6,11-13H2,1H3. The SMILES string of the molecule is CCCCOCC1CCCC(c2nc(-c3ccncc3)no2)C1. The maximum atomic E-state index is 5.80. The number of aromatic nitrogens is 3. The second-order valence-corrected chi connectivity index (χ2v) is 6.35. The number of ether oxygens (including phenoxy) is 1. The van der Waals surface area contributed by atoms with Crippen LogP contribution in [-0.2, 0) is 4.74 Å². The Morgan fingerprint density at radius 3 is 2.96 bits per heavy atom. The fraction of sp³-hybridized carbons (Fsp3) is 0.611. The summed E-state index contributed by atoms with van der Waals surface area (Å²) in [6.07, 6.45) is 10.5. The predicted molar refractivity (Wildman–Crippen MR) is 88.0 cm³/mol. The first-order valence-electron chi connectivity index (χ1n) is 8.68. The van der Waals surface area contributed by atoms with Crippen molar-refractivity contribution < 1.29 is 9.26 Å². The van der Waals surface area contributed by atoms with E-state index < -0.39 is 0 Å². The van der Waals surface area contributed by atoms with Gasteiger partial charge in [-0.3, -0.25) is 4.98 Å². The summed E-state index contributed by atoms with van der Waals surface area (Å²) < 4.78 is 11.3. The predicted octanol–water partition coefficient (Wildman–Crippen LogP) is 4.22. The molecule has 23 heavy (non-hydrogen) atoms. The highest BCUT2D eigenvalue weighted by Crippen LogP contribution is 2.36. The van der Waals surface area contributed by atoms with Crippen LogP contribution in [-0.4, -0.2) is 28.3 Å². The van der Waals surface area contributed by atoms with Crippen LogP contribution in [0.3, 0.4) is 0 Å². The van der Waals surface area contributed by atoms with Gasteiger partial charge in [0.15, 0.2) is 0 Å². The van der Waals surface area contributed by atoms with Crippen LogP contribution in [0.1, 0.15) is 57.3 Å². The van der Waals surface area contributed by atoms with Gasteiger partial charge in [-0.25, -0.2) is 0 Å². The molecule has 0 radical (unpaired) electrons. The quantitative estimate of drug-likeness (QED) is 0.716. The lowest BCUT2D eigenvalue weighted by Crippen LogP contribution is -2.19. The first-order chi connectivity index (χ1) is 11.4. The summed E-state index contributed by atoms with van der Waals surface area (Å²) in [4.78, 5) is 8.62. The van der Waals surface area contributed by atoms with Crippen molar-refractivity contribution >= 4 is 0 Å². The van der Waals surface area contributed by atoms with Crippen molar-refractivity contribution in [2.45, 2.75) is 51.4 Å². The third-order valence-electron chi connectivity index (χ3n) is 4.51. The van der Waals surface area contributed by atoms with Crippen LogP contribution in [0, 0.1) is 5.92 Å². The molecule has 0 N–H and O–H groups in total. The molecule has 0 spiro atoms. The van der Waals surface area contributed by atoms with Crippen LogP contribution in [0.15, 0.2) is 29.0 Å². The summed E-state index contributed by atoms with van der Waals surface area (Å²) in [7, 11) is 0. The molecule has 2 unspecified atom stereocenters. The number of hydrogen-bond acceptors (Lipinski definition) is 5. The van der Waals surface area contributed by atoms with Crippen molar-refractivity contribution in [3.8, 4) is 11.4 Å². The van der Waals surface area contributed by atoms with E-state index in [0.717, 1.165) is 43.9 Å². The van der Waals surface area contributed by atoms with E-state index in [0.29, 0.717) is 17.7 Å². The second kappa shape index (κ2) is 8.20. The molecule has 1 aliphatic rings. The molecule has 124 valence electrons. The maximum absolute atomic E-state index is 5.80. The van der Waals surface area contributed by atoms with Gasteiger partial charge in [-0.15, -0.1) is 0 Å². The summed E-state index contributed by atoms with van der Waals surface area (Å²) in [6.45, 7) is 3.93. The number of rotatable bonds is 7. The third-order valence-corrected chi connectivity index (χ3v) is 4.51. The molecule has 0 saturated heterocycles. The molecule has 2 atom stereocenters. The van der Waals surface area contributed by atoms with Gasteiger partial charge in [0, 0.05) is 37.1 Å². The lowest BCUT2D eigenvalue weighted by Gasteiger charge is -2.26. The minimum atomic E-state index is 0.367. The van der Waals surface area contributed by atoms with E-state index in [4.69, 9.17) is 9.26 Å². The van der Waals surface area contributed by atoms with Gasteiger partial charge in [-0.1, -0.05) is 24.9 Å². The molecule has 5 heteroatoms. The molecule has 0 bridgehead atoms. The van der Waals surface area contributed by atoms with Gasteiger partial charge in [0.1, 0.15) is 0 Å². The van der Waals surface area contributed by atoms with Crippen molar-refractivity contribution in [2.75, 3.05) is 13.2 Å². The molecule has 0 amide bonds. The Balaban J connectivity index is 1.57. The second-order valence-electron chi connectivity index (χ2n) is 6.35. The molecule has 1 saturated carbocycles. The van der Waals surface area contributed by atoms with E-state index in [1.807, 2.05) is 12.1 Å². The molecule has 0 aromatic carbocycles. The van der Waals surface area contributed by atoms with Crippen molar-refractivity contribution in [3.05, 3.63) is 30.4 Å². The summed E-state index contributed by atoms with van der Waals surface area (Å²) in [6, 6.07) is 3.81. The van der Waals surface area contributed by atoms with Crippen molar-refractivity contribution in [1.82, 2.24) is 15.1 Å². The average Bonchev–Trinajstić information content (AvgIpc) is 3.10. The van der Waals surface area contributed by atoms with Crippen molar-refractivity contribution in [3.63, 3.8) is 0 Å². The van der Waals surface area contributed by atoms with Crippen LogP contribution < -0.4 is 0 Å². The van der Waals surface area contributed by atoms with Gasteiger partial charge in [0.05, 0.1) is 0 Å². The number of nitrogens with zero attached hydrogens (tertiary/aromatic N) is 3. The third kappa shape index (κ3) is 4.38. The summed E-state index contributed by atoms with van der Waals surface area (Å²) >= 11 is 0. The highest BCUT2D eigenvalue weighted by molar-refractivity contribution is 5.52. The smallest absolute Gasteiger partial charge is 0.230 e. The van der Waals surface area contributed by atoms with Gasteiger partial charge in [-0.05, 0) is 43.7 Å². The first-order valence-corrected chi connectivity index (χ1v) is 8.68. The summed E-state index contributed by atoms with van der Waals surface area (Å²) in [5.74, 6) is 2.41. The van der Waals surface area contributed by atoms with E-state index in [1.165, 1.54) is 19.3 Å². The molecule has 2 aromatic heterocycles. The minimum Gasteiger partial charge on any atom is -0.381 e. The molecule has 2 aromatic rings. The lowest BCUT2D eigenvalue weighted by molar-refractivity contribution is 0.0771. The van der Waals surface area contributed by atoms with Crippen molar-refractivity contribution in [1.29, 1.82) is 0 Å². The van der Waals surface area contributed by atoms with Crippen LogP contribution >= 0.6 is 0 Å². The molecule has 3 rings (SSSR count). The first kappa shape index (κ1) is 16.1. The number of unbranched alkanes of at least 4 members (excludes halogenated alkanes) is 1. The highest BCUT2D eigenvalue weighted by Gasteiger charge is 2.27. The van der Waals surface area contributed by atoms with Crippen LogP contribution in [0.2, 0.25) is 0 Å². The van der Waals surface area contributed by atoms with Gasteiger partial charge in [-0.2, -0.15) is 4.98 Å². The Labute approximate surface area is 137 Å². The Kier molecular flexibility index (Phi) is 5.75. The van der Waals surface area contributed by atoms with Crippen LogP contribution in [0.25, 0.3) is 11.4 Å². The van der Waals surface area contributed by atoms with E-state index in [-0.39, 0.29) is 0 Å². The van der Waals surface area contributed by atoms with Gasteiger partial charge >= 0.3 is 0 Å². The zero-order valence-corrected chi connectivity index (χ0v) is 13.8. The Morgan fingerprint density at radius 1 is 1.26 bits per heavy atom. The Morgan fingerprint density at radius 2 is 2.13 bits per heavy atom. The zero-order chi connectivity index (χ0) is 15.9. The minimum absolute atomic E-state index is 0.367. The van der Waals surface area contributed by atoms with E-state index >= 15 is 0 Å². The molecular weight excluding hydrogens is 290 g/mol. The van der Waals surface area contributed by atoms with Crippen LogP contribution in [0.5, 0.6) is 0 Å². The van der Waals surface area contributed by atoms with Gasteiger partial charge in [0.2, 0.25) is 11.7 Å². The highest BCUT2D eigenvalue weighted by atomic mass is 16.5. The van der Waals surface area contributed by atoms with E-state index in [9.17, 15) is 0 Å². The monoisotopic (exact) mass is 315 g/mol. The largest absolute Gasteiger partial charge is 0.381 e. The fourth-order valence-electron chi connectivity index (χ4n) is 3.18. The summed E-state index contributed by atoms with van der Waals surface area (Å²) in [5, 5.41) is 4.13. The lowest BCUT2D eigenvalue weighted by atomic mass is 9.82. The number of hydrogen-bond donors (Lipinski definition) is 0. The van der Waals surface area contributed by atoms with Crippen LogP contribution in [0.4, 0.5) is 0 Å². The maximum Gasteiger partial charge on any atom is 0.230 e. The zero-order valence-electron chi connectivity index (χ0n) is 13.8. The normalized spacial score (nSPS) is 21.4.